The number of ether oxygens (including phenoxy) is 4. The van der Waals surface area contributed by atoms with Crippen LogP contribution in [0.25, 0.3) is 44.2 Å². The van der Waals surface area contributed by atoms with Crippen molar-refractivity contribution in [1.82, 2.24) is 40.4 Å². The number of hydrogen-bond acceptors (Lipinski definition) is 10. The maximum atomic E-state index is 14.1. The van der Waals surface area contributed by atoms with Crippen LogP contribution in [0.3, 0.4) is 0 Å². The van der Waals surface area contributed by atoms with Crippen molar-refractivity contribution in [1.29, 1.82) is 0 Å². The van der Waals surface area contributed by atoms with Gasteiger partial charge in [-0.25, -0.2) is 19.6 Å². The number of hydrogen-bond donors (Lipinski definition) is 5. The molecule has 17 nitrogen and oxygen atoms in total. The summed E-state index contributed by atoms with van der Waals surface area (Å²) in [4.78, 5) is 72.3. The van der Waals surface area contributed by atoms with Gasteiger partial charge in [0.1, 0.15) is 36.1 Å². The van der Waals surface area contributed by atoms with Gasteiger partial charge in [-0.1, -0.05) is 38.5 Å². The lowest BCUT2D eigenvalue weighted by molar-refractivity contribution is -0.139. The maximum Gasteiger partial charge on any atom is 0.407 e. The molecular formula is C46H56N8O9. The average molecular weight is 865 g/mol. The highest BCUT2D eigenvalue weighted by atomic mass is 16.5. The fraction of sp³-hybridized carbons (Fsp3) is 0.478. The summed E-state index contributed by atoms with van der Waals surface area (Å²) < 4.78 is 22.2. The number of aromatic nitrogens is 4. The minimum absolute atomic E-state index is 0.0711. The standard InChI is InChI=1S/C46H56N8O9/c1-8-23(2)38(51-45(57)58)43(55)53-20-26(21-60-5)15-36(53)41-47-19-34(49-41)28-10-12-30-29(16-28)22-63-37-18-31-27(17-32(30)37)11-13-33-40(31)50-42(48-33)35-14-9-24(3)54(35)44(56)39(25(4)61-6)52-46(59)62-7/h10-13,16-19,23-26,35-36,38-39,51H,8-9,14-15,20-22H2,1-7H3,(H,47,49)(H,48,50)(H,52,59)(H,57,58)/t23-,24-,25+,26-,35-,36-,38-,39-/m0/s1. The molecule has 2 saturated heterocycles. The molecule has 5 heterocycles. The molecular weight excluding hydrogens is 809 g/mol. The molecule has 3 aliphatic heterocycles. The zero-order valence-electron chi connectivity index (χ0n) is 36.7. The number of fused-ring (bicyclic) bond motifs is 6. The van der Waals surface area contributed by atoms with Crippen molar-refractivity contribution in [3.63, 3.8) is 0 Å². The Morgan fingerprint density at radius 2 is 1.76 bits per heavy atom. The van der Waals surface area contributed by atoms with E-state index in [4.69, 9.17) is 28.9 Å². The van der Waals surface area contributed by atoms with Gasteiger partial charge in [-0.3, -0.25) is 9.59 Å². The largest absolute Gasteiger partial charge is 0.488 e. The third-order valence-electron chi connectivity index (χ3n) is 13.2. The highest BCUT2D eigenvalue weighted by Gasteiger charge is 2.43. The topological polar surface area (TPSA) is 213 Å². The molecule has 63 heavy (non-hydrogen) atoms. The van der Waals surface area contributed by atoms with E-state index in [9.17, 15) is 24.3 Å². The van der Waals surface area contributed by atoms with Crippen molar-refractivity contribution in [2.75, 3.05) is 34.5 Å². The fourth-order valence-corrected chi connectivity index (χ4v) is 9.55. The maximum absolute atomic E-state index is 14.1. The van der Waals surface area contributed by atoms with Crippen molar-refractivity contribution in [2.24, 2.45) is 11.8 Å². The van der Waals surface area contributed by atoms with Crippen LogP contribution in [-0.4, -0.2) is 118 Å². The van der Waals surface area contributed by atoms with Crippen molar-refractivity contribution in [2.45, 2.75) is 96.3 Å². The van der Waals surface area contributed by atoms with Crippen molar-refractivity contribution in [3.05, 3.63) is 65.9 Å². The number of carbonyl (C=O) groups excluding carboxylic acids is 3. The molecule has 0 bridgehead atoms. The first-order chi connectivity index (χ1) is 30.3. The van der Waals surface area contributed by atoms with Crippen LogP contribution in [0.5, 0.6) is 5.75 Å². The molecule has 8 rings (SSSR count). The van der Waals surface area contributed by atoms with Gasteiger partial charge in [0.15, 0.2) is 0 Å². The second kappa shape index (κ2) is 17.9. The Hall–Kier alpha value is -6.20. The number of aromatic amines is 2. The Balaban J connectivity index is 1.05. The van der Waals surface area contributed by atoms with Gasteiger partial charge in [-0.05, 0) is 85.4 Å². The van der Waals surface area contributed by atoms with Crippen LogP contribution in [0.1, 0.15) is 82.7 Å². The van der Waals surface area contributed by atoms with E-state index >= 15 is 0 Å². The van der Waals surface area contributed by atoms with Gasteiger partial charge in [-0.15, -0.1) is 0 Å². The van der Waals surface area contributed by atoms with Gasteiger partial charge in [0.25, 0.3) is 0 Å². The Bertz CT molecular complexity index is 2540. The fourth-order valence-electron chi connectivity index (χ4n) is 9.55. The first-order valence-electron chi connectivity index (χ1n) is 21.6. The predicted octanol–water partition coefficient (Wildman–Crippen LogP) is 6.70. The van der Waals surface area contributed by atoms with E-state index < -0.39 is 30.4 Å². The average Bonchev–Trinajstić information content (AvgIpc) is 4.11. The van der Waals surface area contributed by atoms with E-state index in [1.165, 1.54) is 14.2 Å². The zero-order chi connectivity index (χ0) is 44.7. The number of rotatable bonds is 13. The van der Waals surface area contributed by atoms with E-state index in [1.807, 2.05) is 39.0 Å². The summed E-state index contributed by atoms with van der Waals surface area (Å²) >= 11 is 0. The Morgan fingerprint density at radius 1 is 0.952 bits per heavy atom. The number of imidazole rings is 2. The molecule has 5 N–H and O–H groups in total. The second-order valence-electron chi connectivity index (χ2n) is 17.1. The van der Waals surface area contributed by atoms with Gasteiger partial charge >= 0.3 is 12.2 Å². The molecule has 0 saturated carbocycles. The summed E-state index contributed by atoms with van der Waals surface area (Å²) in [6, 6.07) is 11.9. The third kappa shape index (κ3) is 8.26. The molecule has 334 valence electrons. The van der Waals surface area contributed by atoms with E-state index in [0.29, 0.717) is 50.7 Å². The number of amides is 4. The van der Waals surface area contributed by atoms with Gasteiger partial charge in [0, 0.05) is 43.7 Å². The molecule has 3 aromatic carbocycles. The lowest BCUT2D eigenvalue weighted by Gasteiger charge is -2.33. The Morgan fingerprint density at radius 3 is 2.49 bits per heavy atom. The van der Waals surface area contributed by atoms with Gasteiger partial charge < -0.3 is 54.5 Å². The predicted molar refractivity (Wildman–Crippen MR) is 234 cm³/mol. The van der Waals surface area contributed by atoms with Crippen LogP contribution in [-0.2, 0) is 30.4 Å². The number of alkyl carbamates (subject to hydrolysis) is 1. The molecule has 2 fully saturated rings. The summed E-state index contributed by atoms with van der Waals surface area (Å²) in [6.07, 6.45) is 1.99. The lowest BCUT2D eigenvalue weighted by Crippen LogP contribution is -2.55. The zero-order valence-corrected chi connectivity index (χ0v) is 36.7. The van der Waals surface area contributed by atoms with Gasteiger partial charge in [-0.2, -0.15) is 0 Å². The van der Waals surface area contributed by atoms with E-state index in [-0.39, 0.29) is 41.8 Å². The normalized spacial score (nSPS) is 21.3. The van der Waals surface area contributed by atoms with Crippen molar-refractivity contribution < 1.29 is 43.2 Å². The monoisotopic (exact) mass is 864 g/mol. The summed E-state index contributed by atoms with van der Waals surface area (Å²) in [5, 5.41) is 16.6. The van der Waals surface area contributed by atoms with E-state index in [1.54, 1.807) is 30.0 Å². The first-order valence-corrected chi connectivity index (χ1v) is 21.6. The molecule has 4 amide bonds. The Kier molecular flexibility index (Phi) is 12.3. The number of nitrogens with one attached hydrogen (secondary N) is 4. The number of likely N-dealkylation sites (tertiary alicyclic amines) is 2. The van der Waals surface area contributed by atoms with Crippen LogP contribution in [0.4, 0.5) is 9.59 Å². The second-order valence-corrected chi connectivity index (χ2v) is 17.1. The van der Waals surface area contributed by atoms with Crippen LogP contribution < -0.4 is 15.4 Å². The smallest absolute Gasteiger partial charge is 0.407 e. The van der Waals surface area contributed by atoms with Crippen LogP contribution in [0.2, 0.25) is 0 Å². The highest BCUT2D eigenvalue weighted by Crippen LogP contribution is 2.44. The molecule has 17 heteroatoms. The van der Waals surface area contributed by atoms with Crippen LogP contribution in [0.15, 0.2) is 48.7 Å². The number of carboxylic acid groups (broad SMARTS) is 1. The summed E-state index contributed by atoms with van der Waals surface area (Å²) in [6.45, 7) is 8.81. The number of methoxy groups -OCH3 is 3. The first kappa shape index (κ1) is 43.4. The summed E-state index contributed by atoms with van der Waals surface area (Å²) in [5.41, 5.74) is 6.34. The molecule has 0 radical (unpaired) electrons. The van der Waals surface area contributed by atoms with Crippen molar-refractivity contribution >= 4 is 45.8 Å². The molecule has 3 aliphatic rings. The number of H-pyrrole nitrogens is 2. The highest BCUT2D eigenvalue weighted by molar-refractivity contribution is 6.07. The number of carbonyl (C=O) groups is 4. The van der Waals surface area contributed by atoms with Gasteiger partial charge in [0.2, 0.25) is 11.8 Å². The molecule has 2 aromatic heterocycles. The molecule has 8 atom stereocenters. The molecule has 0 unspecified atom stereocenters. The molecule has 0 aliphatic carbocycles. The Labute approximate surface area is 365 Å². The molecule has 5 aromatic rings. The lowest BCUT2D eigenvalue weighted by atomic mass is 9.92. The number of benzene rings is 3. The van der Waals surface area contributed by atoms with E-state index in [2.05, 4.69) is 44.9 Å². The van der Waals surface area contributed by atoms with Crippen LogP contribution in [0, 0.1) is 11.8 Å². The van der Waals surface area contributed by atoms with E-state index in [0.717, 1.165) is 61.9 Å². The summed E-state index contributed by atoms with van der Waals surface area (Å²) in [5.74, 6) is 1.39. The molecule has 0 spiro atoms. The van der Waals surface area contributed by atoms with Gasteiger partial charge in [0.05, 0.1) is 54.8 Å². The quantitative estimate of drug-likeness (QED) is 0.0841. The number of nitrogens with zero attached hydrogens (tertiary/aromatic N) is 4. The van der Waals surface area contributed by atoms with Crippen molar-refractivity contribution in [3.8, 4) is 28.1 Å². The summed E-state index contributed by atoms with van der Waals surface area (Å²) in [7, 11) is 4.40. The minimum atomic E-state index is -1.23. The third-order valence-corrected chi connectivity index (χ3v) is 13.2. The van der Waals surface area contributed by atoms with Crippen LogP contribution >= 0.6 is 0 Å². The minimum Gasteiger partial charge on any atom is -0.488 e. The SMILES string of the molecule is CC[C@H](C)[C@H](NC(=O)O)C(=O)N1C[C@@H](COC)C[C@H]1c1ncc(-c2ccc3c(c2)COc2cc4c(ccc5[nH]c([C@@H]6CC[C@H](C)N6C(=O)[C@@H](NC(=O)OC)[C@@H](C)OC)nc54)cc2-3)[nH]1.